The van der Waals surface area contributed by atoms with Gasteiger partial charge in [0.2, 0.25) is 0 Å². The van der Waals surface area contributed by atoms with E-state index in [9.17, 15) is 4.79 Å². The molecule has 1 amide bonds. The molecule has 2 rings (SSSR count). The molecule has 84 valence electrons. The first-order valence-electron chi connectivity index (χ1n) is 4.87. The Balaban J connectivity index is 2.37. The molecule has 16 heavy (non-hydrogen) atoms. The van der Waals surface area contributed by atoms with Crippen molar-refractivity contribution in [2.75, 3.05) is 12.4 Å². The highest BCUT2D eigenvalue weighted by Gasteiger charge is 2.12. The normalized spacial score (nSPS) is 10.6. The van der Waals surface area contributed by atoms with Gasteiger partial charge in [0, 0.05) is 24.3 Å². The molecule has 0 spiro atoms. The monoisotopic (exact) mass is 238 g/mol. The molecule has 2 aromatic heterocycles. The summed E-state index contributed by atoms with van der Waals surface area (Å²) in [5.41, 5.74) is 1.88. The first-order chi connectivity index (χ1) is 7.72. The predicted molar refractivity (Wildman–Crippen MR) is 60.8 cm³/mol. The maximum absolute atomic E-state index is 11.7. The standard InChI is InChI=1S/C10H11ClN4O/c1-7-2-5-15-9(14-7)8(6-13-15)10(16)12-4-3-11/h2,5-6H,3-4H2,1H3,(H,12,16). The van der Waals surface area contributed by atoms with Crippen LogP contribution in [0.15, 0.2) is 18.5 Å². The second-order valence-electron chi connectivity index (χ2n) is 3.34. The number of halogens is 1. The van der Waals surface area contributed by atoms with Gasteiger partial charge in [0.25, 0.3) is 5.91 Å². The van der Waals surface area contributed by atoms with Gasteiger partial charge in [0.1, 0.15) is 5.56 Å². The third-order valence-electron chi connectivity index (χ3n) is 2.13. The largest absolute Gasteiger partial charge is 0.351 e. The van der Waals surface area contributed by atoms with Crippen LogP contribution < -0.4 is 5.32 Å². The topological polar surface area (TPSA) is 59.3 Å². The molecule has 0 bridgehead atoms. The first-order valence-corrected chi connectivity index (χ1v) is 5.41. The molecule has 0 aliphatic carbocycles. The summed E-state index contributed by atoms with van der Waals surface area (Å²) >= 11 is 5.50. The Morgan fingerprint density at radius 1 is 1.62 bits per heavy atom. The van der Waals surface area contributed by atoms with Crippen molar-refractivity contribution in [1.29, 1.82) is 0 Å². The van der Waals surface area contributed by atoms with Crippen molar-refractivity contribution in [1.82, 2.24) is 19.9 Å². The Morgan fingerprint density at radius 3 is 3.19 bits per heavy atom. The van der Waals surface area contributed by atoms with E-state index in [0.29, 0.717) is 23.6 Å². The molecule has 0 aliphatic rings. The fraction of sp³-hybridized carbons (Fsp3) is 0.300. The maximum Gasteiger partial charge on any atom is 0.256 e. The lowest BCUT2D eigenvalue weighted by molar-refractivity contribution is 0.0957. The fourth-order valence-corrected chi connectivity index (χ4v) is 1.47. The van der Waals surface area contributed by atoms with Crippen LogP contribution in [-0.4, -0.2) is 32.9 Å². The van der Waals surface area contributed by atoms with E-state index in [1.807, 2.05) is 13.0 Å². The smallest absolute Gasteiger partial charge is 0.256 e. The SMILES string of the molecule is Cc1ccn2ncc(C(=O)NCCCl)c2n1. The van der Waals surface area contributed by atoms with Gasteiger partial charge in [-0.05, 0) is 13.0 Å². The predicted octanol–water partition coefficient (Wildman–Crippen LogP) is 1.01. The average Bonchev–Trinajstić information content (AvgIpc) is 2.68. The van der Waals surface area contributed by atoms with Crippen LogP contribution in [0.5, 0.6) is 0 Å². The minimum Gasteiger partial charge on any atom is -0.351 e. The number of carbonyl (C=O) groups is 1. The molecule has 6 heteroatoms. The van der Waals surface area contributed by atoms with Gasteiger partial charge in [-0.15, -0.1) is 11.6 Å². The number of amides is 1. The Morgan fingerprint density at radius 2 is 2.44 bits per heavy atom. The van der Waals surface area contributed by atoms with Crippen LogP contribution in [0.4, 0.5) is 0 Å². The van der Waals surface area contributed by atoms with Crippen molar-refractivity contribution in [3.63, 3.8) is 0 Å². The Kier molecular flexibility index (Phi) is 3.05. The lowest BCUT2D eigenvalue weighted by Gasteiger charge is -2.00. The molecular formula is C10H11ClN4O. The van der Waals surface area contributed by atoms with E-state index in [-0.39, 0.29) is 5.91 Å². The second kappa shape index (κ2) is 4.49. The van der Waals surface area contributed by atoms with Gasteiger partial charge >= 0.3 is 0 Å². The summed E-state index contributed by atoms with van der Waals surface area (Å²) in [6.45, 7) is 2.30. The molecule has 1 N–H and O–H groups in total. The van der Waals surface area contributed by atoms with E-state index >= 15 is 0 Å². The summed E-state index contributed by atoms with van der Waals surface area (Å²) in [7, 11) is 0. The van der Waals surface area contributed by atoms with E-state index in [2.05, 4.69) is 15.4 Å². The summed E-state index contributed by atoms with van der Waals surface area (Å²) in [6.07, 6.45) is 3.28. The molecule has 0 aromatic carbocycles. The van der Waals surface area contributed by atoms with Crippen molar-refractivity contribution >= 4 is 23.2 Å². The van der Waals surface area contributed by atoms with Crippen molar-refractivity contribution in [2.45, 2.75) is 6.92 Å². The Labute approximate surface area is 97.4 Å². The van der Waals surface area contributed by atoms with Crippen molar-refractivity contribution in [3.05, 3.63) is 29.7 Å². The summed E-state index contributed by atoms with van der Waals surface area (Å²) in [5.74, 6) is 0.186. The molecule has 0 saturated heterocycles. The van der Waals surface area contributed by atoms with Crippen molar-refractivity contribution in [3.8, 4) is 0 Å². The number of nitrogens with one attached hydrogen (secondary N) is 1. The molecule has 0 unspecified atom stereocenters. The van der Waals surface area contributed by atoms with Crippen LogP contribution >= 0.6 is 11.6 Å². The zero-order valence-electron chi connectivity index (χ0n) is 8.77. The van der Waals surface area contributed by atoms with Crippen LogP contribution in [-0.2, 0) is 0 Å². The number of hydrogen-bond acceptors (Lipinski definition) is 3. The van der Waals surface area contributed by atoms with Crippen molar-refractivity contribution in [2.24, 2.45) is 0 Å². The number of hydrogen-bond donors (Lipinski definition) is 1. The van der Waals surface area contributed by atoms with Gasteiger partial charge in [0.15, 0.2) is 5.65 Å². The highest BCUT2D eigenvalue weighted by molar-refractivity contribution is 6.18. The highest BCUT2D eigenvalue weighted by Crippen LogP contribution is 2.08. The van der Waals surface area contributed by atoms with E-state index in [0.717, 1.165) is 5.69 Å². The zero-order chi connectivity index (χ0) is 11.5. The number of fused-ring (bicyclic) bond motifs is 1. The van der Waals surface area contributed by atoms with Crippen molar-refractivity contribution < 1.29 is 4.79 Å². The zero-order valence-corrected chi connectivity index (χ0v) is 9.53. The number of alkyl halides is 1. The molecule has 2 heterocycles. The minimum absolute atomic E-state index is 0.200. The number of aryl methyl sites for hydroxylation is 1. The second-order valence-corrected chi connectivity index (χ2v) is 3.72. The van der Waals surface area contributed by atoms with E-state index in [1.54, 1.807) is 10.7 Å². The van der Waals surface area contributed by atoms with Gasteiger partial charge < -0.3 is 5.32 Å². The van der Waals surface area contributed by atoms with E-state index in [4.69, 9.17) is 11.6 Å². The highest BCUT2D eigenvalue weighted by atomic mass is 35.5. The quantitative estimate of drug-likeness (QED) is 0.812. The van der Waals surface area contributed by atoms with Crippen LogP contribution in [0.2, 0.25) is 0 Å². The van der Waals surface area contributed by atoms with Crippen LogP contribution in [0.1, 0.15) is 16.1 Å². The number of carbonyl (C=O) groups excluding carboxylic acids is 1. The third-order valence-corrected chi connectivity index (χ3v) is 2.32. The molecule has 0 atom stereocenters. The Bertz CT molecular complexity index is 523. The minimum atomic E-state index is -0.200. The lowest BCUT2D eigenvalue weighted by Crippen LogP contribution is -2.25. The van der Waals surface area contributed by atoms with Crippen LogP contribution in [0, 0.1) is 6.92 Å². The van der Waals surface area contributed by atoms with Crippen LogP contribution in [0.3, 0.4) is 0 Å². The number of nitrogens with zero attached hydrogens (tertiary/aromatic N) is 3. The number of aromatic nitrogens is 3. The van der Waals surface area contributed by atoms with Gasteiger partial charge in [0.05, 0.1) is 6.20 Å². The molecule has 5 nitrogen and oxygen atoms in total. The third kappa shape index (κ3) is 1.99. The summed E-state index contributed by atoms with van der Waals surface area (Å²) in [6, 6.07) is 1.83. The lowest BCUT2D eigenvalue weighted by atomic mass is 10.3. The molecular weight excluding hydrogens is 228 g/mol. The molecule has 0 radical (unpaired) electrons. The van der Waals surface area contributed by atoms with E-state index in [1.165, 1.54) is 6.20 Å². The molecule has 0 fully saturated rings. The fourth-order valence-electron chi connectivity index (χ4n) is 1.38. The van der Waals surface area contributed by atoms with Gasteiger partial charge in [-0.3, -0.25) is 4.79 Å². The van der Waals surface area contributed by atoms with E-state index < -0.39 is 0 Å². The maximum atomic E-state index is 11.7. The van der Waals surface area contributed by atoms with Gasteiger partial charge in [-0.25, -0.2) is 9.50 Å². The summed E-state index contributed by atoms with van der Waals surface area (Å²) < 4.78 is 1.57. The summed E-state index contributed by atoms with van der Waals surface area (Å²) in [5, 5.41) is 6.73. The van der Waals surface area contributed by atoms with Crippen LogP contribution in [0.25, 0.3) is 5.65 Å². The molecule has 0 saturated carbocycles. The van der Waals surface area contributed by atoms with Gasteiger partial charge in [-0.1, -0.05) is 0 Å². The Hall–Kier alpha value is -1.62. The first kappa shape index (κ1) is 10.9. The summed E-state index contributed by atoms with van der Waals surface area (Å²) in [4.78, 5) is 16.0. The molecule has 2 aromatic rings. The number of rotatable bonds is 3. The average molecular weight is 239 g/mol. The molecule has 0 aliphatic heterocycles. The van der Waals surface area contributed by atoms with Gasteiger partial charge in [-0.2, -0.15) is 5.10 Å².